The Labute approximate surface area is 188 Å². The molecule has 164 valence electrons. The monoisotopic (exact) mass is 447 g/mol. The number of rotatable bonds is 5. The van der Waals surface area contributed by atoms with E-state index in [-0.39, 0.29) is 0 Å². The Kier molecular flexibility index (Phi) is 6.08. The highest BCUT2D eigenvalue weighted by Gasteiger charge is 2.14. The highest BCUT2D eigenvalue weighted by atomic mass is 32.2. The van der Waals surface area contributed by atoms with Gasteiger partial charge in [-0.25, -0.2) is 9.19 Å². The zero-order chi connectivity index (χ0) is 22.7. The lowest BCUT2D eigenvalue weighted by Crippen LogP contribution is -2.26. The molecule has 0 saturated carbocycles. The summed E-state index contributed by atoms with van der Waals surface area (Å²) in [5.74, 6) is 0.773. The molecule has 0 radical (unpaired) electrons. The van der Waals surface area contributed by atoms with Crippen LogP contribution < -0.4 is 10.6 Å². The van der Waals surface area contributed by atoms with Crippen molar-refractivity contribution in [3.63, 3.8) is 0 Å². The van der Waals surface area contributed by atoms with Crippen molar-refractivity contribution in [2.24, 2.45) is 4.36 Å². The first-order chi connectivity index (χ1) is 15.3. The van der Waals surface area contributed by atoms with Crippen LogP contribution in [0.4, 0.5) is 28.8 Å². The molecule has 0 fully saturated rings. The molecule has 0 unspecified atom stereocenters. The normalized spacial score (nSPS) is 13.7. The van der Waals surface area contributed by atoms with Gasteiger partial charge in [0.15, 0.2) is 5.82 Å². The molecule has 4 rings (SSSR count). The van der Waals surface area contributed by atoms with Crippen LogP contribution in [0.15, 0.2) is 53.0 Å². The van der Waals surface area contributed by atoms with Crippen molar-refractivity contribution in [2.45, 2.75) is 13.0 Å². The number of nitrogens with zero attached hydrogens (tertiary/aromatic N) is 5. The molecular formula is C23H25N7OS. The fourth-order valence-corrected chi connectivity index (χ4v) is 4.18. The summed E-state index contributed by atoms with van der Waals surface area (Å²) in [4.78, 5) is 11.1. The second kappa shape index (κ2) is 8.94. The maximum Gasteiger partial charge on any atom is 0.229 e. The Morgan fingerprint density at radius 3 is 2.72 bits per heavy atom. The van der Waals surface area contributed by atoms with E-state index in [1.807, 2.05) is 18.2 Å². The third kappa shape index (κ3) is 5.41. The van der Waals surface area contributed by atoms with E-state index in [4.69, 9.17) is 0 Å². The first-order valence-corrected chi connectivity index (χ1v) is 12.5. The third-order valence-corrected chi connectivity index (χ3v) is 5.66. The maximum absolute atomic E-state index is 12.0. The molecular weight excluding hydrogens is 422 g/mol. The largest absolute Gasteiger partial charge is 0.339 e. The van der Waals surface area contributed by atoms with E-state index in [1.54, 1.807) is 24.6 Å². The second-order valence-corrected chi connectivity index (χ2v) is 10.7. The molecule has 32 heavy (non-hydrogen) atoms. The third-order valence-electron chi connectivity index (χ3n) is 5.01. The summed E-state index contributed by atoms with van der Waals surface area (Å²) in [6, 6.07) is 15.6. The van der Waals surface area contributed by atoms with E-state index in [2.05, 4.69) is 55.1 Å². The van der Waals surface area contributed by atoms with Gasteiger partial charge in [-0.15, -0.1) is 0 Å². The van der Waals surface area contributed by atoms with Gasteiger partial charge in [-0.2, -0.15) is 14.6 Å². The Hall–Kier alpha value is -3.48. The van der Waals surface area contributed by atoms with Gasteiger partial charge in [0.1, 0.15) is 11.6 Å². The quantitative estimate of drug-likeness (QED) is 0.604. The molecule has 0 spiro atoms. The number of nitrogens with one attached hydrogen (secondary N) is 2. The van der Waals surface area contributed by atoms with E-state index in [9.17, 15) is 9.47 Å². The fraction of sp³-hybridized carbons (Fsp3) is 0.261. The van der Waals surface area contributed by atoms with Crippen molar-refractivity contribution in [1.82, 2.24) is 14.9 Å². The Bertz CT molecular complexity index is 1310. The first kappa shape index (κ1) is 21.7. The minimum absolute atomic E-state index is 0.319. The Morgan fingerprint density at radius 2 is 1.94 bits per heavy atom. The summed E-state index contributed by atoms with van der Waals surface area (Å²) in [7, 11) is -0.157. The predicted octanol–water partition coefficient (Wildman–Crippen LogP) is 4.18. The van der Waals surface area contributed by atoms with Gasteiger partial charge in [0.2, 0.25) is 5.95 Å². The number of fused-ring (bicyclic) bond motifs is 1. The summed E-state index contributed by atoms with van der Waals surface area (Å²) in [6.45, 7) is 1.98. The van der Waals surface area contributed by atoms with Crippen LogP contribution in [0.2, 0.25) is 0 Å². The van der Waals surface area contributed by atoms with Crippen LogP contribution in [-0.2, 0) is 22.7 Å². The van der Waals surface area contributed by atoms with Gasteiger partial charge in [-0.1, -0.05) is 12.1 Å². The molecule has 1 aliphatic rings. The van der Waals surface area contributed by atoms with Crippen LogP contribution in [0.25, 0.3) is 0 Å². The molecule has 3 aromatic rings. The van der Waals surface area contributed by atoms with Crippen LogP contribution in [0.5, 0.6) is 0 Å². The topological polar surface area (TPSA) is 106 Å². The molecule has 0 atom stereocenters. The molecule has 2 heterocycles. The summed E-state index contributed by atoms with van der Waals surface area (Å²) in [6.07, 6.45) is 5.71. The average Bonchev–Trinajstić information content (AvgIpc) is 2.73. The molecule has 2 N–H and O–H groups in total. The maximum atomic E-state index is 12.0. The van der Waals surface area contributed by atoms with E-state index in [0.717, 1.165) is 25.2 Å². The molecule has 1 aromatic heterocycles. The van der Waals surface area contributed by atoms with Crippen molar-refractivity contribution in [2.75, 3.05) is 36.7 Å². The van der Waals surface area contributed by atoms with Gasteiger partial charge < -0.3 is 15.5 Å². The van der Waals surface area contributed by atoms with Crippen LogP contribution in [0, 0.1) is 11.3 Å². The van der Waals surface area contributed by atoms with E-state index in [0.29, 0.717) is 28.7 Å². The first-order valence-electron chi connectivity index (χ1n) is 10.2. The van der Waals surface area contributed by atoms with Crippen LogP contribution in [-0.4, -0.2) is 45.2 Å². The van der Waals surface area contributed by atoms with Crippen LogP contribution >= 0.6 is 0 Å². The minimum Gasteiger partial charge on any atom is -0.339 e. The van der Waals surface area contributed by atoms with Crippen molar-refractivity contribution in [1.29, 1.82) is 5.26 Å². The number of hydrogen-bond donors (Lipinski definition) is 2. The summed E-state index contributed by atoms with van der Waals surface area (Å²) in [5, 5.41) is 15.9. The van der Waals surface area contributed by atoms with E-state index < -0.39 is 9.73 Å². The highest BCUT2D eigenvalue weighted by Crippen LogP contribution is 2.26. The number of anilines is 4. The summed E-state index contributed by atoms with van der Waals surface area (Å²) < 4.78 is 16.2. The standard InChI is InChI=1S/C23H25N7OS/c1-30-10-9-16-7-8-20(11-17(16)15-30)27-23-25-14-18(13-24)22(28-23)26-19-5-4-6-21(12-19)29-32(2,3)31/h4-8,11-12,14H,9-10,15H2,1-3H3,(H2,25,26,27,28). The van der Waals surface area contributed by atoms with Gasteiger partial charge >= 0.3 is 0 Å². The van der Waals surface area contributed by atoms with Crippen molar-refractivity contribution < 1.29 is 4.21 Å². The Morgan fingerprint density at radius 1 is 1.12 bits per heavy atom. The van der Waals surface area contributed by atoms with Gasteiger partial charge in [0.05, 0.1) is 11.9 Å². The van der Waals surface area contributed by atoms with Crippen LogP contribution in [0.1, 0.15) is 16.7 Å². The minimum atomic E-state index is -2.27. The molecule has 8 nitrogen and oxygen atoms in total. The van der Waals surface area contributed by atoms with E-state index >= 15 is 0 Å². The Balaban J connectivity index is 1.59. The van der Waals surface area contributed by atoms with Gasteiger partial charge in [-0.3, -0.25) is 0 Å². The predicted molar refractivity (Wildman–Crippen MR) is 128 cm³/mol. The van der Waals surface area contributed by atoms with Gasteiger partial charge in [-0.05, 0) is 54.9 Å². The highest BCUT2D eigenvalue weighted by molar-refractivity contribution is 7.92. The smallest absolute Gasteiger partial charge is 0.229 e. The number of nitriles is 1. The lowest BCUT2D eigenvalue weighted by Gasteiger charge is -2.25. The number of likely N-dealkylation sites (N-methyl/N-ethyl adjacent to an activating group) is 1. The molecule has 0 saturated heterocycles. The van der Waals surface area contributed by atoms with Crippen molar-refractivity contribution >= 4 is 38.6 Å². The van der Waals surface area contributed by atoms with E-state index in [1.165, 1.54) is 17.3 Å². The lowest BCUT2D eigenvalue weighted by atomic mass is 9.99. The van der Waals surface area contributed by atoms with Gasteiger partial charge in [0, 0.05) is 46.7 Å². The summed E-state index contributed by atoms with van der Waals surface area (Å²) in [5.41, 5.74) is 5.16. The van der Waals surface area contributed by atoms with Crippen molar-refractivity contribution in [3.8, 4) is 6.07 Å². The number of benzene rings is 2. The molecule has 0 aliphatic carbocycles. The zero-order valence-electron chi connectivity index (χ0n) is 18.3. The van der Waals surface area contributed by atoms with Crippen molar-refractivity contribution in [3.05, 3.63) is 65.4 Å². The number of aromatic nitrogens is 2. The zero-order valence-corrected chi connectivity index (χ0v) is 19.1. The second-order valence-electron chi connectivity index (χ2n) is 8.11. The molecule has 2 aromatic carbocycles. The molecule has 1 aliphatic heterocycles. The average molecular weight is 448 g/mol. The molecule has 0 amide bonds. The fourth-order valence-electron chi connectivity index (χ4n) is 3.56. The van der Waals surface area contributed by atoms with Gasteiger partial charge in [0.25, 0.3) is 0 Å². The molecule has 0 bridgehead atoms. The summed E-state index contributed by atoms with van der Waals surface area (Å²) >= 11 is 0. The number of hydrogen-bond acceptors (Lipinski definition) is 8. The lowest BCUT2D eigenvalue weighted by molar-refractivity contribution is 0.313. The molecule has 9 heteroatoms. The van der Waals surface area contributed by atoms with Crippen LogP contribution in [0.3, 0.4) is 0 Å². The SMILES string of the molecule is CN1CCc2ccc(Nc3ncc(C#N)c(Nc4cccc(N=S(C)(C)=O)c4)n3)cc2C1.